The van der Waals surface area contributed by atoms with E-state index in [2.05, 4.69) is 15.8 Å². The van der Waals surface area contributed by atoms with Crippen LogP contribution in [0.25, 0.3) is 0 Å². The fourth-order valence-electron chi connectivity index (χ4n) is 1.66. The number of aromatic nitrogens is 2. The zero-order valence-corrected chi connectivity index (χ0v) is 10.3. The molecule has 18 heavy (non-hydrogen) atoms. The van der Waals surface area contributed by atoms with Crippen LogP contribution in [0.3, 0.4) is 0 Å². The number of nitrogens with two attached hydrogens (primary N) is 1. The summed E-state index contributed by atoms with van der Waals surface area (Å²) in [6, 6.07) is 7.13. The molecule has 0 saturated heterocycles. The summed E-state index contributed by atoms with van der Waals surface area (Å²) in [4.78, 5) is 12.1. The molecule has 2 rings (SSSR count). The first-order valence-corrected chi connectivity index (χ1v) is 5.48. The number of carbonyl (C=O) groups excluding carboxylic acids is 1. The Labute approximate surface area is 105 Å². The van der Waals surface area contributed by atoms with Crippen LogP contribution in [-0.4, -0.2) is 15.7 Å². The molecular weight excluding hydrogens is 230 g/mol. The number of nitrogen functional groups attached to an aromatic ring is 1. The summed E-state index contributed by atoms with van der Waals surface area (Å²) in [7, 11) is 1.76. The number of nitrogens with zero attached hydrogens (tertiary/aromatic N) is 2. The Morgan fingerprint density at radius 1 is 1.39 bits per heavy atom. The van der Waals surface area contributed by atoms with E-state index in [1.807, 2.05) is 19.1 Å². The molecule has 0 fully saturated rings. The zero-order chi connectivity index (χ0) is 13.1. The van der Waals surface area contributed by atoms with Crippen molar-refractivity contribution < 1.29 is 4.79 Å². The Hall–Kier alpha value is -2.34. The molecule has 1 heterocycles. The summed E-state index contributed by atoms with van der Waals surface area (Å²) in [6.07, 6.45) is 1.62. The zero-order valence-electron chi connectivity index (χ0n) is 10.3. The smallest absolute Gasteiger partial charge is 0.258 e. The van der Waals surface area contributed by atoms with Crippen LogP contribution in [-0.2, 0) is 7.05 Å². The molecule has 6 nitrogen and oxygen atoms in total. The van der Waals surface area contributed by atoms with Gasteiger partial charge in [-0.2, -0.15) is 5.10 Å². The molecule has 1 amide bonds. The van der Waals surface area contributed by atoms with Crippen LogP contribution in [0.15, 0.2) is 30.5 Å². The van der Waals surface area contributed by atoms with Gasteiger partial charge in [-0.3, -0.25) is 15.3 Å². The third kappa shape index (κ3) is 2.33. The minimum Gasteiger partial charge on any atom is -0.323 e. The lowest BCUT2D eigenvalue weighted by Gasteiger charge is -2.10. The van der Waals surface area contributed by atoms with Crippen molar-refractivity contribution in [3.8, 4) is 0 Å². The van der Waals surface area contributed by atoms with Crippen molar-refractivity contribution in [2.24, 2.45) is 12.9 Å². The van der Waals surface area contributed by atoms with Crippen molar-refractivity contribution in [2.75, 3.05) is 10.7 Å². The van der Waals surface area contributed by atoms with Crippen LogP contribution in [0.5, 0.6) is 0 Å². The maximum absolute atomic E-state index is 12.1. The molecule has 1 aromatic heterocycles. The molecule has 6 heteroatoms. The molecule has 94 valence electrons. The van der Waals surface area contributed by atoms with Crippen LogP contribution in [0.4, 0.5) is 11.5 Å². The van der Waals surface area contributed by atoms with E-state index in [1.54, 1.807) is 30.1 Å². The SMILES string of the molecule is Cc1ccc(C(=O)Nc2ccnn2C)c(NN)c1. The summed E-state index contributed by atoms with van der Waals surface area (Å²) in [5.41, 5.74) is 4.64. The normalized spacial score (nSPS) is 10.2. The number of aryl methyl sites for hydroxylation is 2. The highest BCUT2D eigenvalue weighted by Crippen LogP contribution is 2.18. The lowest BCUT2D eigenvalue weighted by Crippen LogP contribution is -2.18. The fraction of sp³-hybridized carbons (Fsp3) is 0.167. The van der Waals surface area contributed by atoms with Crippen molar-refractivity contribution in [2.45, 2.75) is 6.92 Å². The molecule has 4 N–H and O–H groups in total. The predicted octanol–water partition coefficient (Wildman–Crippen LogP) is 1.27. The second-order valence-electron chi connectivity index (χ2n) is 3.99. The third-order valence-corrected chi connectivity index (χ3v) is 2.64. The largest absolute Gasteiger partial charge is 0.323 e. The second kappa shape index (κ2) is 4.89. The molecule has 0 radical (unpaired) electrons. The highest BCUT2D eigenvalue weighted by Gasteiger charge is 2.12. The van der Waals surface area contributed by atoms with Gasteiger partial charge in [-0.05, 0) is 24.6 Å². The Morgan fingerprint density at radius 2 is 2.17 bits per heavy atom. The molecular formula is C12H15N5O. The van der Waals surface area contributed by atoms with Gasteiger partial charge >= 0.3 is 0 Å². The van der Waals surface area contributed by atoms with E-state index in [0.29, 0.717) is 17.1 Å². The number of hydrogen-bond donors (Lipinski definition) is 3. The Kier molecular flexibility index (Phi) is 3.29. The molecule has 1 aromatic carbocycles. The van der Waals surface area contributed by atoms with Gasteiger partial charge in [-0.25, -0.2) is 0 Å². The van der Waals surface area contributed by atoms with Gasteiger partial charge in [0, 0.05) is 13.1 Å². The van der Waals surface area contributed by atoms with Crippen molar-refractivity contribution in [1.82, 2.24) is 9.78 Å². The second-order valence-corrected chi connectivity index (χ2v) is 3.99. The molecule has 0 atom stereocenters. The van der Waals surface area contributed by atoms with Gasteiger partial charge in [0.05, 0.1) is 17.4 Å². The molecule has 2 aromatic rings. The van der Waals surface area contributed by atoms with Gasteiger partial charge in [0.25, 0.3) is 5.91 Å². The van der Waals surface area contributed by atoms with Crippen LogP contribution < -0.4 is 16.6 Å². The highest BCUT2D eigenvalue weighted by molar-refractivity contribution is 6.07. The minimum atomic E-state index is -0.230. The standard InChI is InChI=1S/C12H15N5O/c1-8-3-4-9(10(7-8)16-13)12(18)15-11-5-6-14-17(11)2/h3-7,16H,13H2,1-2H3,(H,15,18). The number of amides is 1. The first-order valence-electron chi connectivity index (χ1n) is 5.48. The third-order valence-electron chi connectivity index (χ3n) is 2.64. The maximum Gasteiger partial charge on any atom is 0.258 e. The summed E-state index contributed by atoms with van der Waals surface area (Å²) < 4.78 is 1.58. The van der Waals surface area contributed by atoms with E-state index in [4.69, 9.17) is 5.84 Å². The molecule has 0 bridgehead atoms. The molecule has 0 spiro atoms. The molecule has 0 aliphatic rings. The molecule has 0 saturated carbocycles. The monoisotopic (exact) mass is 245 g/mol. The highest BCUT2D eigenvalue weighted by atomic mass is 16.1. The summed E-state index contributed by atoms with van der Waals surface area (Å²) in [6.45, 7) is 1.93. The van der Waals surface area contributed by atoms with Crippen molar-refractivity contribution in [3.05, 3.63) is 41.6 Å². The number of hydrazine groups is 1. The van der Waals surface area contributed by atoms with E-state index in [0.717, 1.165) is 5.56 Å². The Bertz CT molecular complexity index is 576. The maximum atomic E-state index is 12.1. The quantitative estimate of drug-likeness (QED) is 0.561. The number of carbonyl (C=O) groups is 1. The first kappa shape index (κ1) is 12.1. The van der Waals surface area contributed by atoms with Crippen LogP contribution in [0, 0.1) is 6.92 Å². The Morgan fingerprint density at radius 3 is 2.78 bits per heavy atom. The number of rotatable bonds is 3. The van der Waals surface area contributed by atoms with Gasteiger partial charge in [0.15, 0.2) is 0 Å². The van der Waals surface area contributed by atoms with E-state index >= 15 is 0 Å². The molecule has 0 aliphatic heterocycles. The topological polar surface area (TPSA) is 85.0 Å². The van der Waals surface area contributed by atoms with Crippen LogP contribution >= 0.6 is 0 Å². The van der Waals surface area contributed by atoms with E-state index in [9.17, 15) is 4.79 Å². The van der Waals surface area contributed by atoms with Gasteiger partial charge < -0.3 is 10.7 Å². The van der Waals surface area contributed by atoms with Crippen molar-refractivity contribution in [3.63, 3.8) is 0 Å². The van der Waals surface area contributed by atoms with Gasteiger partial charge in [-0.15, -0.1) is 0 Å². The van der Waals surface area contributed by atoms with Gasteiger partial charge in [0.1, 0.15) is 5.82 Å². The van der Waals surface area contributed by atoms with E-state index < -0.39 is 0 Å². The Balaban J connectivity index is 2.26. The van der Waals surface area contributed by atoms with E-state index in [1.165, 1.54) is 0 Å². The average molecular weight is 245 g/mol. The van der Waals surface area contributed by atoms with Gasteiger partial charge in [0.2, 0.25) is 0 Å². The lowest BCUT2D eigenvalue weighted by atomic mass is 10.1. The average Bonchev–Trinajstić information content (AvgIpc) is 2.74. The molecule has 0 aliphatic carbocycles. The fourth-order valence-corrected chi connectivity index (χ4v) is 1.66. The number of anilines is 2. The predicted molar refractivity (Wildman–Crippen MR) is 70.2 cm³/mol. The van der Waals surface area contributed by atoms with E-state index in [-0.39, 0.29) is 5.91 Å². The summed E-state index contributed by atoms with van der Waals surface area (Å²) in [5, 5.41) is 6.75. The van der Waals surface area contributed by atoms with Crippen LogP contribution in [0.1, 0.15) is 15.9 Å². The minimum absolute atomic E-state index is 0.230. The number of nitrogens with one attached hydrogen (secondary N) is 2. The van der Waals surface area contributed by atoms with Crippen LogP contribution in [0.2, 0.25) is 0 Å². The van der Waals surface area contributed by atoms with Crippen molar-refractivity contribution in [1.29, 1.82) is 0 Å². The summed E-state index contributed by atoms with van der Waals surface area (Å²) >= 11 is 0. The number of benzene rings is 1. The lowest BCUT2D eigenvalue weighted by molar-refractivity contribution is 0.102. The van der Waals surface area contributed by atoms with Crippen molar-refractivity contribution >= 4 is 17.4 Å². The molecule has 0 unspecified atom stereocenters. The summed E-state index contributed by atoms with van der Waals surface area (Å²) in [5.74, 6) is 5.81. The number of hydrogen-bond acceptors (Lipinski definition) is 4. The van der Waals surface area contributed by atoms with Gasteiger partial charge in [-0.1, -0.05) is 6.07 Å². The first-order chi connectivity index (χ1) is 8.61.